The van der Waals surface area contributed by atoms with Crippen LogP contribution < -0.4 is 4.90 Å². The first-order valence-corrected chi connectivity index (χ1v) is 3.21. The average molecular weight is 164 g/mol. The number of anilines is 1. The summed E-state index contributed by atoms with van der Waals surface area (Å²) in [5.41, 5.74) is 0. The van der Waals surface area contributed by atoms with Gasteiger partial charge in [0.15, 0.2) is 5.82 Å². The molecule has 0 saturated carbocycles. The maximum absolute atomic E-state index is 11.0. The molecule has 6 nitrogen and oxygen atoms in total. The molecule has 1 N–H and O–H groups in total. The molecule has 12 heavy (non-hydrogen) atoms. The Morgan fingerprint density at radius 2 is 1.92 bits per heavy atom. The molecule has 6 heteroatoms. The first-order chi connectivity index (χ1) is 5.79. The van der Waals surface area contributed by atoms with Crippen molar-refractivity contribution in [1.29, 1.82) is 0 Å². The summed E-state index contributed by atoms with van der Waals surface area (Å²) >= 11 is 0. The lowest BCUT2D eigenvalue weighted by Crippen LogP contribution is -2.29. The molecule has 0 saturated heterocycles. The smallest absolute Gasteiger partial charge is 0.259 e. The van der Waals surface area contributed by atoms with Crippen LogP contribution in [0.25, 0.3) is 0 Å². The molecule has 0 radical (unpaired) electrons. The lowest BCUT2D eigenvalue weighted by molar-refractivity contribution is -0.120. The number of H-pyrrole nitrogens is 1. The molecule has 1 aliphatic rings. The van der Waals surface area contributed by atoms with E-state index in [-0.39, 0.29) is 5.82 Å². The van der Waals surface area contributed by atoms with E-state index in [0.29, 0.717) is 0 Å². The lowest BCUT2D eigenvalue weighted by atomic mass is 10.5. The highest BCUT2D eigenvalue weighted by molar-refractivity contribution is 6.27. The molecule has 0 bridgehead atoms. The number of nitrogens with one attached hydrogen (secondary N) is 1. The van der Waals surface area contributed by atoms with Crippen LogP contribution in [0.2, 0.25) is 0 Å². The molecule has 2 amide bonds. The first kappa shape index (κ1) is 6.71. The summed E-state index contributed by atoms with van der Waals surface area (Å²) in [6.07, 6.45) is 3.69. The van der Waals surface area contributed by atoms with Gasteiger partial charge in [0, 0.05) is 12.2 Å². The third kappa shape index (κ3) is 0.815. The van der Waals surface area contributed by atoms with E-state index in [1.54, 1.807) is 0 Å². The largest absolute Gasteiger partial charge is 0.269 e. The molecule has 0 aliphatic carbocycles. The number of carbonyl (C=O) groups excluding carboxylic acids is 2. The number of carbonyl (C=O) groups is 2. The van der Waals surface area contributed by atoms with Crippen molar-refractivity contribution in [3.05, 3.63) is 18.3 Å². The Kier molecular flexibility index (Phi) is 1.26. The Bertz CT molecular complexity index is 336. The quantitative estimate of drug-likeness (QED) is 0.553. The van der Waals surface area contributed by atoms with Gasteiger partial charge in [-0.15, -0.1) is 5.10 Å². The minimum atomic E-state index is -0.395. The zero-order chi connectivity index (χ0) is 8.55. The van der Waals surface area contributed by atoms with Crippen LogP contribution in [-0.2, 0) is 9.59 Å². The van der Waals surface area contributed by atoms with E-state index < -0.39 is 11.8 Å². The molecular weight excluding hydrogens is 160 g/mol. The average Bonchev–Trinajstić information content (AvgIpc) is 2.61. The van der Waals surface area contributed by atoms with Gasteiger partial charge in [0.1, 0.15) is 0 Å². The van der Waals surface area contributed by atoms with Crippen molar-refractivity contribution in [3.63, 3.8) is 0 Å². The van der Waals surface area contributed by atoms with Gasteiger partial charge < -0.3 is 0 Å². The molecule has 0 unspecified atom stereocenters. The summed E-state index contributed by atoms with van der Waals surface area (Å²) in [5, 5.41) is 9.41. The number of imide groups is 1. The zero-order valence-corrected chi connectivity index (χ0v) is 5.89. The third-order valence-corrected chi connectivity index (χ3v) is 1.44. The number of aromatic nitrogens is 3. The van der Waals surface area contributed by atoms with Crippen LogP contribution in [-0.4, -0.2) is 27.2 Å². The predicted octanol–water partition coefficient (Wildman–Crippen LogP) is -0.766. The second-order valence-electron chi connectivity index (χ2n) is 2.17. The number of amides is 2. The summed E-state index contributed by atoms with van der Waals surface area (Å²) in [6.45, 7) is 0. The molecule has 0 aromatic carbocycles. The van der Waals surface area contributed by atoms with Crippen molar-refractivity contribution in [3.8, 4) is 0 Å². The maximum atomic E-state index is 11.0. The first-order valence-electron chi connectivity index (χ1n) is 3.21. The molecule has 2 rings (SSSR count). The summed E-state index contributed by atoms with van der Waals surface area (Å²) in [6, 6.07) is 0. The van der Waals surface area contributed by atoms with Crippen molar-refractivity contribution in [2.75, 3.05) is 4.90 Å². The van der Waals surface area contributed by atoms with Gasteiger partial charge in [0.25, 0.3) is 11.8 Å². The van der Waals surface area contributed by atoms with Crippen molar-refractivity contribution >= 4 is 17.6 Å². The van der Waals surface area contributed by atoms with Crippen LogP contribution >= 0.6 is 0 Å². The van der Waals surface area contributed by atoms with Gasteiger partial charge in [-0.1, -0.05) is 0 Å². The van der Waals surface area contributed by atoms with E-state index in [1.165, 1.54) is 18.3 Å². The van der Waals surface area contributed by atoms with E-state index in [2.05, 4.69) is 15.4 Å². The summed E-state index contributed by atoms with van der Waals surface area (Å²) < 4.78 is 0. The van der Waals surface area contributed by atoms with Gasteiger partial charge in [0.05, 0.1) is 6.20 Å². The third-order valence-electron chi connectivity index (χ3n) is 1.44. The predicted molar refractivity (Wildman–Crippen MR) is 38.0 cm³/mol. The Labute approximate surface area is 66.9 Å². The number of aromatic amines is 1. The van der Waals surface area contributed by atoms with Crippen LogP contribution in [0, 0.1) is 0 Å². The van der Waals surface area contributed by atoms with Gasteiger partial charge in [-0.25, -0.2) is 4.90 Å². The molecule has 0 atom stereocenters. The summed E-state index contributed by atoms with van der Waals surface area (Å²) in [5.74, 6) is -0.571. The van der Waals surface area contributed by atoms with Crippen molar-refractivity contribution < 1.29 is 9.59 Å². The van der Waals surface area contributed by atoms with Crippen LogP contribution in [0.4, 0.5) is 5.82 Å². The van der Waals surface area contributed by atoms with Crippen LogP contribution in [0.3, 0.4) is 0 Å². The number of nitrogens with zero attached hydrogens (tertiary/aromatic N) is 3. The highest BCUT2D eigenvalue weighted by atomic mass is 16.2. The van der Waals surface area contributed by atoms with Crippen LogP contribution in [0.1, 0.15) is 0 Å². The Hall–Kier alpha value is -1.98. The molecule has 60 valence electrons. The fourth-order valence-corrected chi connectivity index (χ4v) is 0.929. The topological polar surface area (TPSA) is 79.0 Å². The fraction of sp³-hybridized carbons (Fsp3) is 0. The highest BCUT2D eigenvalue weighted by Crippen LogP contribution is 2.12. The molecule has 0 fully saturated rings. The van der Waals surface area contributed by atoms with Gasteiger partial charge in [0.2, 0.25) is 0 Å². The molecule has 1 aromatic rings. The summed E-state index contributed by atoms with van der Waals surface area (Å²) in [7, 11) is 0. The second-order valence-corrected chi connectivity index (χ2v) is 2.17. The normalized spacial score (nSPS) is 16.2. The number of hydrogen-bond acceptors (Lipinski definition) is 4. The standard InChI is InChI=1S/C6H4N4O2/c11-5-1-2-6(12)10(5)4-3-7-9-8-4/h1-3H,(H,7,8,9). The van der Waals surface area contributed by atoms with Crippen molar-refractivity contribution in [2.24, 2.45) is 0 Å². The Morgan fingerprint density at radius 3 is 2.42 bits per heavy atom. The summed E-state index contributed by atoms with van der Waals surface area (Å²) in [4.78, 5) is 23.0. The van der Waals surface area contributed by atoms with E-state index in [9.17, 15) is 9.59 Å². The minimum absolute atomic E-state index is 0.218. The van der Waals surface area contributed by atoms with Crippen molar-refractivity contribution in [2.45, 2.75) is 0 Å². The van der Waals surface area contributed by atoms with E-state index in [4.69, 9.17) is 0 Å². The van der Waals surface area contributed by atoms with Gasteiger partial charge in [-0.3, -0.25) is 9.59 Å². The molecular formula is C6H4N4O2. The molecule has 0 spiro atoms. The van der Waals surface area contributed by atoms with Gasteiger partial charge in [-0.2, -0.15) is 10.3 Å². The monoisotopic (exact) mass is 164 g/mol. The zero-order valence-electron chi connectivity index (χ0n) is 5.89. The van der Waals surface area contributed by atoms with E-state index >= 15 is 0 Å². The molecule has 2 heterocycles. The highest BCUT2D eigenvalue weighted by Gasteiger charge is 2.26. The fourth-order valence-electron chi connectivity index (χ4n) is 0.929. The minimum Gasteiger partial charge on any atom is -0.269 e. The van der Waals surface area contributed by atoms with Gasteiger partial charge in [-0.05, 0) is 0 Å². The Morgan fingerprint density at radius 1 is 1.25 bits per heavy atom. The number of rotatable bonds is 1. The van der Waals surface area contributed by atoms with E-state index in [1.807, 2.05) is 0 Å². The Balaban J connectivity index is 2.37. The SMILES string of the molecule is O=C1C=CC(=O)N1c1cn[nH]n1. The maximum Gasteiger partial charge on any atom is 0.259 e. The molecule has 1 aliphatic heterocycles. The van der Waals surface area contributed by atoms with Crippen molar-refractivity contribution in [1.82, 2.24) is 15.4 Å². The van der Waals surface area contributed by atoms with Gasteiger partial charge >= 0.3 is 0 Å². The van der Waals surface area contributed by atoms with Crippen LogP contribution in [0.5, 0.6) is 0 Å². The lowest BCUT2D eigenvalue weighted by Gasteiger charge is -2.07. The second kappa shape index (κ2) is 2.26. The van der Waals surface area contributed by atoms with E-state index in [0.717, 1.165) is 4.90 Å². The van der Waals surface area contributed by atoms with Crippen LogP contribution in [0.15, 0.2) is 18.3 Å². The number of hydrogen-bond donors (Lipinski definition) is 1. The molecule has 1 aromatic heterocycles.